The fraction of sp³-hybridized carbons (Fsp3) is 0.625. The van der Waals surface area contributed by atoms with E-state index in [-0.39, 0.29) is 30.6 Å². The standard InChI is InChI=1S/C24H33N3O4/c1-25-21(28)16-24(23(25)30,19-10-6-7-11-20(19)31-2)17-22(29)27-14-12-26(13-15-27)18-8-4-3-5-9-18/h6-7,10-11,18H,3-5,8-9,12-17H2,1-2H3. The monoisotopic (exact) mass is 427 g/mol. The number of para-hydroxylation sites is 1. The van der Waals surface area contributed by atoms with Crippen LogP contribution in [0.4, 0.5) is 0 Å². The first-order valence-electron chi connectivity index (χ1n) is 11.4. The Labute approximate surface area is 184 Å². The Morgan fingerprint density at radius 1 is 1.06 bits per heavy atom. The van der Waals surface area contributed by atoms with E-state index in [0.717, 1.165) is 18.0 Å². The van der Waals surface area contributed by atoms with Gasteiger partial charge >= 0.3 is 0 Å². The number of nitrogens with zero attached hydrogens (tertiary/aromatic N) is 3. The maximum Gasteiger partial charge on any atom is 0.240 e. The topological polar surface area (TPSA) is 70.2 Å². The van der Waals surface area contributed by atoms with Gasteiger partial charge in [0.15, 0.2) is 0 Å². The van der Waals surface area contributed by atoms with Crippen LogP contribution in [0.25, 0.3) is 0 Å². The van der Waals surface area contributed by atoms with Crippen LogP contribution < -0.4 is 4.74 Å². The number of benzene rings is 1. The lowest BCUT2D eigenvalue weighted by atomic mass is 9.75. The number of imide groups is 1. The van der Waals surface area contributed by atoms with Crippen LogP contribution in [0.1, 0.15) is 50.5 Å². The van der Waals surface area contributed by atoms with Crippen molar-refractivity contribution in [1.29, 1.82) is 0 Å². The molecule has 4 rings (SSSR count). The maximum absolute atomic E-state index is 13.4. The third kappa shape index (κ3) is 4.07. The number of likely N-dealkylation sites (tertiary alicyclic amines) is 1. The van der Waals surface area contributed by atoms with Gasteiger partial charge in [0, 0.05) is 57.7 Å². The van der Waals surface area contributed by atoms with E-state index in [1.165, 1.54) is 39.2 Å². The first kappa shape index (κ1) is 21.8. The number of carbonyl (C=O) groups is 3. The predicted octanol–water partition coefficient (Wildman–Crippen LogP) is 2.19. The molecule has 2 aliphatic heterocycles. The number of carbonyl (C=O) groups excluding carboxylic acids is 3. The molecule has 3 aliphatic rings. The molecule has 0 N–H and O–H groups in total. The van der Waals surface area contributed by atoms with Gasteiger partial charge in [0.05, 0.1) is 12.5 Å². The summed E-state index contributed by atoms with van der Waals surface area (Å²) in [6.45, 7) is 3.11. The summed E-state index contributed by atoms with van der Waals surface area (Å²) in [5, 5.41) is 0. The van der Waals surface area contributed by atoms with Crippen LogP contribution in [-0.4, -0.2) is 78.8 Å². The van der Waals surface area contributed by atoms with Gasteiger partial charge < -0.3 is 9.64 Å². The number of hydrogen-bond donors (Lipinski definition) is 0. The SMILES string of the molecule is COc1ccccc1C1(CC(=O)N2CCN(C3CCCCC3)CC2)CC(=O)N(C)C1=O. The molecule has 7 heteroatoms. The third-order valence-corrected chi connectivity index (χ3v) is 7.37. The molecule has 1 unspecified atom stereocenters. The van der Waals surface area contributed by atoms with Crippen LogP contribution in [0.5, 0.6) is 5.75 Å². The molecule has 3 amide bonds. The molecule has 7 nitrogen and oxygen atoms in total. The Balaban J connectivity index is 1.51. The van der Waals surface area contributed by atoms with Crippen molar-refractivity contribution in [2.24, 2.45) is 0 Å². The lowest BCUT2D eigenvalue weighted by molar-refractivity contribution is -0.142. The molecule has 1 atom stereocenters. The fourth-order valence-electron chi connectivity index (χ4n) is 5.52. The van der Waals surface area contributed by atoms with Crippen molar-refractivity contribution < 1.29 is 19.1 Å². The summed E-state index contributed by atoms with van der Waals surface area (Å²) < 4.78 is 5.50. The smallest absolute Gasteiger partial charge is 0.240 e. The highest BCUT2D eigenvalue weighted by Crippen LogP contribution is 2.43. The number of methoxy groups -OCH3 is 1. The number of piperazine rings is 1. The highest BCUT2D eigenvalue weighted by Gasteiger charge is 2.54. The zero-order valence-electron chi connectivity index (χ0n) is 18.6. The minimum absolute atomic E-state index is 0.00349. The van der Waals surface area contributed by atoms with E-state index in [0.29, 0.717) is 30.4 Å². The Morgan fingerprint density at radius 2 is 1.74 bits per heavy atom. The normalized spacial score (nSPS) is 25.9. The molecular formula is C24H33N3O4. The van der Waals surface area contributed by atoms with Crippen LogP contribution in [0.3, 0.4) is 0 Å². The van der Waals surface area contributed by atoms with Gasteiger partial charge in [-0.3, -0.25) is 24.2 Å². The fourth-order valence-corrected chi connectivity index (χ4v) is 5.52. The molecule has 0 spiro atoms. The summed E-state index contributed by atoms with van der Waals surface area (Å²) in [5.74, 6) is -0.110. The van der Waals surface area contributed by atoms with E-state index in [1.807, 2.05) is 17.0 Å². The average molecular weight is 428 g/mol. The molecular weight excluding hydrogens is 394 g/mol. The van der Waals surface area contributed by atoms with E-state index < -0.39 is 5.41 Å². The summed E-state index contributed by atoms with van der Waals surface area (Å²) >= 11 is 0. The van der Waals surface area contributed by atoms with E-state index >= 15 is 0 Å². The Morgan fingerprint density at radius 3 is 2.35 bits per heavy atom. The van der Waals surface area contributed by atoms with Gasteiger partial charge in [-0.1, -0.05) is 37.5 Å². The summed E-state index contributed by atoms with van der Waals surface area (Å²) in [7, 11) is 3.04. The zero-order chi connectivity index (χ0) is 22.0. The molecule has 2 heterocycles. The summed E-state index contributed by atoms with van der Waals surface area (Å²) in [5.41, 5.74) is -0.579. The molecule has 2 saturated heterocycles. The van der Waals surface area contributed by atoms with Crippen LogP contribution in [0, 0.1) is 0 Å². The molecule has 168 valence electrons. The van der Waals surface area contributed by atoms with Crippen molar-refractivity contribution in [3.63, 3.8) is 0 Å². The second-order valence-corrected chi connectivity index (χ2v) is 9.10. The molecule has 0 bridgehead atoms. The van der Waals surface area contributed by atoms with E-state index in [2.05, 4.69) is 4.90 Å². The molecule has 31 heavy (non-hydrogen) atoms. The molecule has 3 fully saturated rings. The van der Waals surface area contributed by atoms with Crippen molar-refractivity contribution in [1.82, 2.24) is 14.7 Å². The first-order chi connectivity index (χ1) is 15.0. The predicted molar refractivity (Wildman–Crippen MR) is 117 cm³/mol. The Hall–Kier alpha value is -2.41. The zero-order valence-corrected chi connectivity index (χ0v) is 18.6. The van der Waals surface area contributed by atoms with Crippen LogP contribution in [-0.2, 0) is 19.8 Å². The van der Waals surface area contributed by atoms with Gasteiger partial charge in [-0.15, -0.1) is 0 Å². The van der Waals surface area contributed by atoms with E-state index in [9.17, 15) is 14.4 Å². The van der Waals surface area contributed by atoms with Gasteiger partial charge in [-0.05, 0) is 18.9 Å². The van der Waals surface area contributed by atoms with Crippen LogP contribution in [0.15, 0.2) is 24.3 Å². The molecule has 1 aliphatic carbocycles. The summed E-state index contributed by atoms with van der Waals surface area (Å²) in [6.07, 6.45) is 6.44. The number of rotatable bonds is 5. The van der Waals surface area contributed by atoms with Crippen molar-refractivity contribution in [2.75, 3.05) is 40.3 Å². The van der Waals surface area contributed by atoms with Crippen molar-refractivity contribution in [3.8, 4) is 5.75 Å². The van der Waals surface area contributed by atoms with Crippen molar-refractivity contribution in [3.05, 3.63) is 29.8 Å². The maximum atomic E-state index is 13.4. The highest BCUT2D eigenvalue weighted by atomic mass is 16.5. The van der Waals surface area contributed by atoms with Crippen LogP contribution >= 0.6 is 0 Å². The molecule has 0 aromatic heterocycles. The van der Waals surface area contributed by atoms with Crippen molar-refractivity contribution in [2.45, 2.75) is 56.4 Å². The lowest BCUT2D eigenvalue weighted by Gasteiger charge is -2.41. The van der Waals surface area contributed by atoms with Gasteiger partial charge in [0.2, 0.25) is 17.7 Å². The minimum atomic E-state index is -1.20. The van der Waals surface area contributed by atoms with Gasteiger partial charge in [0.1, 0.15) is 5.75 Å². The van der Waals surface area contributed by atoms with Crippen LogP contribution in [0.2, 0.25) is 0 Å². The summed E-state index contributed by atoms with van der Waals surface area (Å²) in [4.78, 5) is 44.6. The largest absolute Gasteiger partial charge is 0.496 e. The van der Waals surface area contributed by atoms with E-state index in [1.54, 1.807) is 19.2 Å². The van der Waals surface area contributed by atoms with E-state index in [4.69, 9.17) is 4.74 Å². The Bertz CT molecular complexity index is 843. The van der Waals surface area contributed by atoms with Gasteiger partial charge in [0.25, 0.3) is 0 Å². The van der Waals surface area contributed by atoms with Gasteiger partial charge in [-0.25, -0.2) is 0 Å². The number of likely N-dealkylation sites (N-methyl/N-ethyl adjacent to an activating group) is 1. The number of ether oxygens (including phenoxy) is 1. The quantitative estimate of drug-likeness (QED) is 0.674. The minimum Gasteiger partial charge on any atom is -0.496 e. The molecule has 1 aromatic carbocycles. The molecule has 1 aromatic rings. The Kier molecular flexibility index (Phi) is 6.32. The second-order valence-electron chi connectivity index (χ2n) is 9.10. The second kappa shape index (κ2) is 8.99. The number of amides is 3. The van der Waals surface area contributed by atoms with Gasteiger partial charge in [-0.2, -0.15) is 0 Å². The molecule has 1 saturated carbocycles. The highest BCUT2D eigenvalue weighted by molar-refractivity contribution is 6.10. The van der Waals surface area contributed by atoms with Crippen molar-refractivity contribution >= 4 is 17.7 Å². The number of hydrogen-bond acceptors (Lipinski definition) is 5. The lowest BCUT2D eigenvalue weighted by Crippen LogP contribution is -2.53. The first-order valence-corrected chi connectivity index (χ1v) is 11.4. The average Bonchev–Trinajstić information content (AvgIpc) is 3.03. The third-order valence-electron chi connectivity index (χ3n) is 7.37. The summed E-state index contributed by atoms with van der Waals surface area (Å²) in [6, 6.07) is 7.88. The molecule has 0 radical (unpaired) electrons.